The normalized spacial score (nSPS) is 10.8. The second-order valence-electron chi connectivity index (χ2n) is 7.45. The molecule has 0 aliphatic carbocycles. The monoisotopic (exact) mass is 470 g/mol. The van der Waals surface area contributed by atoms with Crippen LogP contribution in [0.1, 0.15) is 28.3 Å². The average molecular weight is 471 g/mol. The number of nitrogens with zero attached hydrogens (tertiary/aromatic N) is 2. The molecule has 0 saturated heterocycles. The van der Waals surface area contributed by atoms with Gasteiger partial charge in [-0.2, -0.15) is 0 Å². The van der Waals surface area contributed by atoms with Crippen LogP contribution in [-0.4, -0.2) is 62.3 Å². The molecule has 0 atom stereocenters. The van der Waals surface area contributed by atoms with Crippen LogP contribution in [0.3, 0.4) is 0 Å². The molecular formula is C24H30N4O4S. The van der Waals surface area contributed by atoms with Gasteiger partial charge in [-0.25, -0.2) is 9.78 Å². The molecule has 0 aliphatic heterocycles. The predicted octanol–water partition coefficient (Wildman–Crippen LogP) is 4.13. The maximum absolute atomic E-state index is 13.2. The van der Waals surface area contributed by atoms with E-state index in [1.54, 1.807) is 24.5 Å². The third-order valence-electron chi connectivity index (χ3n) is 5.02. The number of carbonyl (C=O) groups is 2. The summed E-state index contributed by atoms with van der Waals surface area (Å²) < 4.78 is 10.1. The molecule has 2 aromatic carbocycles. The molecule has 0 fully saturated rings. The van der Waals surface area contributed by atoms with E-state index in [9.17, 15) is 9.59 Å². The summed E-state index contributed by atoms with van der Waals surface area (Å²) >= 11 is 1.37. The Bertz CT molecular complexity index is 1050. The van der Waals surface area contributed by atoms with Crippen molar-refractivity contribution in [3.05, 3.63) is 58.5 Å². The molecule has 3 aromatic rings. The lowest BCUT2D eigenvalue weighted by atomic mass is 10.1. The summed E-state index contributed by atoms with van der Waals surface area (Å²) in [7, 11) is 3.27. The van der Waals surface area contributed by atoms with Gasteiger partial charge in [0, 0.05) is 51.3 Å². The molecule has 1 aromatic heterocycles. The minimum absolute atomic E-state index is 0.219. The molecule has 0 aliphatic rings. The van der Waals surface area contributed by atoms with Crippen molar-refractivity contribution in [3.8, 4) is 0 Å². The zero-order chi connectivity index (χ0) is 23.5. The highest BCUT2D eigenvalue weighted by Crippen LogP contribution is 2.23. The van der Waals surface area contributed by atoms with Gasteiger partial charge in [-0.05, 0) is 24.3 Å². The number of urea groups is 1. The number of anilines is 1. The molecule has 1 heterocycles. The number of hydrogen-bond donors (Lipinski definition) is 2. The van der Waals surface area contributed by atoms with Crippen molar-refractivity contribution in [1.82, 2.24) is 15.2 Å². The summed E-state index contributed by atoms with van der Waals surface area (Å²) in [5.41, 5.74) is 1.11. The SMILES string of the molecule is COCCCNC(=O)c1csc(CN(CCCOC)C(=O)Nc2cccc3ccccc23)n1. The Kier molecular flexibility index (Phi) is 9.61. The molecule has 3 amide bonds. The number of thiazole rings is 1. The fourth-order valence-electron chi connectivity index (χ4n) is 3.34. The van der Waals surface area contributed by atoms with Gasteiger partial charge in [0.2, 0.25) is 0 Å². The molecule has 176 valence electrons. The van der Waals surface area contributed by atoms with Gasteiger partial charge in [0.25, 0.3) is 5.91 Å². The highest BCUT2D eigenvalue weighted by atomic mass is 32.1. The van der Waals surface area contributed by atoms with Crippen molar-refractivity contribution in [2.24, 2.45) is 0 Å². The number of nitrogens with one attached hydrogen (secondary N) is 2. The Hall–Kier alpha value is -3.01. The first-order valence-electron chi connectivity index (χ1n) is 10.9. The van der Waals surface area contributed by atoms with Gasteiger partial charge < -0.3 is 25.0 Å². The minimum Gasteiger partial charge on any atom is -0.385 e. The summed E-state index contributed by atoms with van der Waals surface area (Å²) in [6.45, 7) is 2.47. The lowest BCUT2D eigenvalue weighted by Gasteiger charge is -2.22. The van der Waals surface area contributed by atoms with Crippen LogP contribution in [0.2, 0.25) is 0 Å². The van der Waals surface area contributed by atoms with Crippen molar-refractivity contribution >= 4 is 39.7 Å². The van der Waals surface area contributed by atoms with Gasteiger partial charge in [-0.15, -0.1) is 11.3 Å². The lowest BCUT2D eigenvalue weighted by molar-refractivity contribution is 0.0944. The van der Waals surface area contributed by atoms with E-state index in [4.69, 9.17) is 9.47 Å². The third kappa shape index (κ3) is 7.24. The van der Waals surface area contributed by atoms with Crippen LogP contribution in [0, 0.1) is 0 Å². The van der Waals surface area contributed by atoms with Gasteiger partial charge in [0.15, 0.2) is 0 Å². The van der Waals surface area contributed by atoms with E-state index in [1.807, 2.05) is 42.5 Å². The number of ether oxygens (including phenoxy) is 2. The first kappa shape index (κ1) is 24.6. The molecule has 3 rings (SSSR count). The van der Waals surface area contributed by atoms with E-state index in [2.05, 4.69) is 15.6 Å². The Morgan fingerprint density at radius 1 is 1.03 bits per heavy atom. The van der Waals surface area contributed by atoms with Crippen LogP contribution in [0.25, 0.3) is 10.8 Å². The van der Waals surface area contributed by atoms with Crippen molar-refractivity contribution < 1.29 is 19.1 Å². The smallest absolute Gasteiger partial charge is 0.322 e. The highest BCUT2D eigenvalue weighted by molar-refractivity contribution is 7.09. The number of fused-ring (bicyclic) bond motifs is 1. The number of methoxy groups -OCH3 is 2. The first-order chi connectivity index (χ1) is 16.1. The van der Waals surface area contributed by atoms with E-state index < -0.39 is 0 Å². The van der Waals surface area contributed by atoms with Crippen molar-refractivity contribution in [1.29, 1.82) is 0 Å². The summed E-state index contributed by atoms with van der Waals surface area (Å²) in [6.07, 6.45) is 1.43. The van der Waals surface area contributed by atoms with E-state index in [1.165, 1.54) is 11.3 Å². The number of hydrogen-bond acceptors (Lipinski definition) is 6. The van der Waals surface area contributed by atoms with E-state index in [-0.39, 0.29) is 11.9 Å². The van der Waals surface area contributed by atoms with Gasteiger partial charge in [-0.1, -0.05) is 36.4 Å². The molecular weight excluding hydrogens is 440 g/mol. The number of carbonyl (C=O) groups excluding carboxylic acids is 2. The Balaban J connectivity index is 1.67. The van der Waals surface area contributed by atoms with Gasteiger partial charge in [0.05, 0.1) is 12.2 Å². The van der Waals surface area contributed by atoms with Gasteiger partial charge in [-0.3, -0.25) is 4.79 Å². The number of amides is 3. The van der Waals surface area contributed by atoms with Crippen LogP contribution in [0.15, 0.2) is 47.8 Å². The maximum atomic E-state index is 13.2. The topological polar surface area (TPSA) is 92.8 Å². The van der Waals surface area contributed by atoms with Crippen LogP contribution in [0.5, 0.6) is 0 Å². The standard InChI is InChI=1S/C24H30N4O4S/c1-31-14-6-12-25-23(29)21-17-33-22(26-21)16-28(13-7-15-32-2)24(30)27-20-11-5-9-18-8-3-4-10-19(18)20/h3-5,8-11,17H,6-7,12-16H2,1-2H3,(H,25,29)(H,27,30). The van der Waals surface area contributed by atoms with E-state index >= 15 is 0 Å². The largest absolute Gasteiger partial charge is 0.385 e. The second kappa shape index (κ2) is 12.9. The molecule has 33 heavy (non-hydrogen) atoms. The first-order valence-corrected chi connectivity index (χ1v) is 11.7. The Morgan fingerprint density at radius 2 is 1.79 bits per heavy atom. The molecule has 0 unspecified atom stereocenters. The van der Waals surface area contributed by atoms with Gasteiger partial charge >= 0.3 is 6.03 Å². The summed E-state index contributed by atoms with van der Waals surface area (Å²) in [5, 5.41) is 10.3. The predicted molar refractivity (Wildman–Crippen MR) is 131 cm³/mol. The zero-order valence-corrected chi connectivity index (χ0v) is 19.8. The second-order valence-corrected chi connectivity index (χ2v) is 8.40. The summed E-state index contributed by atoms with van der Waals surface area (Å²) in [5.74, 6) is -0.222. The van der Waals surface area contributed by atoms with Crippen molar-refractivity contribution in [2.45, 2.75) is 19.4 Å². The van der Waals surface area contributed by atoms with E-state index in [0.29, 0.717) is 50.0 Å². The molecule has 0 spiro atoms. The number of aromatic nitrogens is 1. The zero-order valence-electron chi connectivity index (χ0n) is 19.0. The number of benzene rings is 2. The maximum Gasteiger partial charge on any atom is 0.322 e. The van der Waals surface area contributed by atoms with Crippen molar-refractivity contribution in [3.63, 3.8) is 0 Å². The van der Waals surface area contributed by atoms with Crippen molar-refractivity contribution in [2.75, 3.05) is 45.8 Å². The fraction of sp³-hybridized carbons (Fsp3) is 0.375. The Morgan fingerprint density at radius 3 is 2.61 bits per heavy atom. The fourth-order valence-corrected chi connectivity index (χ4v) is 4.13. The Labute approximate surface area is 197 Å². The molecule has 0 saturated carbocycles. The molecule has 9 heteroatoms. The molecule has 8 nitrogen and oxygen atoms in total. The van der Waals surface area contributed by atoms with Crippen LogP contribution in [0.4, 0.5) is 10.5 Å². The van der Waals surface area contributed by atoms with Gasteiger partial charge in [0.1, 0.15) is 10.7 Å². The van der Waals surface area contributed by atoms with Crippen LogP contribution < -0.4 is 10.6 Å². The van der Waals surface area contributed by atoms with E-state index in [0.717, 1.165) is 22.9 Å². The average Bonchev–Trinajstić information content (AvgIpc) is 3.30. The highest BCUT2D eigenvalue weighted by Gasteiger charge is 2.18. The lowest BCUT2D eigenvalue weighted by Crippen LogP contribution is -2.35. The minimum atomic E-state index is -0.222. The third-order valence-corrected chi connectivity index (χ3v) is 5.85. The quantitative estimate of drug-likeness (QED) is 0.388. The number of rotatable bonds is 12. The van der Waals surface area contributed by atoms with Crippen LogP contribution >= 0.6 is 11.3 Å². The summed E-state index contributed by atoms with van der Waals surface area (Å²) in [6, 6.07) is 13.5. The molecule has 0 bridgehead atoms. The molecule has 0 radical (unpaired) electrons. The molecule has 2 N–H and O–H groups in total. The summed E-state index contributed by atoms with van der Waals surface area (Å²) in [4.78, 5) is 31.6. The van der Waals surface area contributed by atoms with Crippen LogP contribution in [-0.2, 0) is 16.0 Å².